The number of benzene rings is 2. The largest absolute Gasteiger partial charge is 1.00 e. The first-order valence-corrected chi connectivity index (χ1v) is 6.51. The zero-order valence-electron chi connectivity index (χ0n) is 11.2. The molecular weight excluding hydrogens is 314 g/mol. The number of nitrogens with zero attached hydrogens (tertiary/aromatic N) is 3. The number of aliphatic hydroxyl groups is 1. The molecule has 0 aliphatic carbocycles. The summed E-state index contributed by atoms with van der Waals surface area (Å²) in [5, 5.41) is 18.0. The Kier molecular flexibility index (Phi) is 5.28. The van der Waals surface area contributed by atoms with Crippen LogP contribution in [0.2, 0.25) is 0 Å². The number of aliphatic hydroxyl groups excluding tert-OH is 1. The molecule has 1 unspecified atom stereocenters. The fourth-order valence-electron chi connectivity index (χ4n) is 2.19. The van der Waals surface area contributed by atoms with Crippen molar-refractivity contribution in [1.29, 1.82) is 0 Å². The van der Waals surface area contributed by atoms with Gasteiger partial charge >= 0.3 is 17.1 Å². The first-order chi connectivity index (χ1) is 9.88. The van der Waals surface area contributed by atoms with Crippen molar-refractivity contribution in [3.05, 3.63) is 72.4 Å². The quantitative estimate of drug-likeness (QED) is 0.749. The van der Waals surface area contributed by atoms with Crippen LogP contribution in [-0.2, 0) is 17.1 Å². The van der Waals surface area contributed by atoms with Crippen LogP contribution in [0.4, 0.5) is 0 Å². The van der Waals surface area contributed by atoms with E-state index in [1.54, 1.807) is 4.68 Å². The van der Waals surface area contributed by atoms with Gasteiger partial charge in [0.05, 0.1) is 12.8 Å². The average molecular weight is 329 g/mol. The molecule has 21 heavy (non-hydrogen) atoms. The predicted molar refractivity (Wildman–Crippen MR) is 77.1 cm³/mol. The van der Waals surface area contributed by atoms with Crippen LogP contribution >= 0.6 is 0 Å². The smallest absolute Gasteiger partial charge is 0.394 e. The normalized spacial score (nSPS) is 11.7. The van der Waals surface area contributed by atoms with Gasteiger partial charge in [0.2, 0.25) is 0 Å². The molecule has 1 atom stereocenters. The molecule has 1 heterocycles. The standard InChI is InChI=1S/C16H15N3O.Cu/c20-12-16(14-9-5-2-6-10-14)19-11-15(17-18-19)13-7-3-1-4-8-13;/h1-11,16,20H,12H2;/q;+1. The van der Waals surface area contributed by atoms with Gasteiger partial charge in [-0.15, -0.1) is 5.10 Å². The first kappa shape index (κ1) is 15.4. The summed E-state index contributed by atoms with van der Waals surface area (Å²) in [6.45, 7) is -0.0123. The molecular formula is C16H15CuN3O+. The fraction of sp³-hybridized carbons (Fsp3) is 0.125. The van der Waals surface area contributed by atoms with E-state index >= 15 is 0 Å². The third kappa shape index (κ3) is 3.39. The second kappa shape index (κ2) is 7.18. The molecule has 5 heteroatoms. The molecule has 1 N–H and O–H groups in total. The number of rotatable bonds is 4. The van der Waals surface area contributed by atoms with E-state index < -0.39 is 0 Å². The SMILES string of the molecule is OCC(c1ccccc1)n1cc(-c2ccccc2)nn1.[Cu+]. The van der Waals surface area contributed by atoms with E-state index in [1.165, 1.54) is 0 Å². The molecule has 0 radical (unpaired) electrons. The minimum Gasteiger partial charge on any atom is -0.394 e. The maximum atomic E-state index is 9.62. The first-order valence-electron chi connectivity index (χ1n) is 6.51. The van der Waals surface area contributed by atoms with E-state index in [1.807, 2.05) is 66.9 Å². The Labute approximate surface area is 133 Å². The van der Waals surface area contributed by atoms with Gasteiger partial charge < -0.3 is 5.11 Å². The molecule has 1 aromatic heterocycles. The van der Waals surface area contributed by atoms with E-state index in [4.69, 9.17) is 0 Å². The second-order valence-corrected chi connectivity index (χ2v) is 4.56. The number of hydrogen-bond acceptors (Lipinski definition) is 3. The van der Waals surface area contributed by atoms with Gasteiger partial charge in [0.25, 0.3) is 0 Å². The van der Waals surface area contributed by atoms with Crippen molar-refractivity contribution in [2.75, 3.05) is 6.61 Å². The van der Waals surface area contributed by atoms with Gasteiger partial charge in [0, 0.05) is 5.56 Å². The van der Waals surface area contributed by atoms with E-state index in [-0.39, 0.29) is 29.7 Å². The van der Waals surface area contributed by atoms with Crippen molar-refractivity contribution < 1.29 is 22.2 Å². The Morgan fingerprint density at radius 1 is 0.952 bits per heavy atom. The average Bonchev–Trinajstić information content (AvgIpc) is 3.00. The van der Waals surface area contributed by atoms with Crippen molar-refractivity contribution >= 4 is 0 Å². The summed E-state index contributed by atoms with van der Waals surface area (Å²) in [6, 6.07) is 19.5. The summed E-state index contributed by atoms with van der Waals surface area (Å²) < 4.78 is 1.71. The molecule has 0 aliphatic heterocycles. The Morgan fingerprint density at radius 3 is 2.19 bits per heavy atom. The van der Waals surface area contributed by atoms with Gasteiger partial charge in [-0.2, -0.15) is 0 Å². The third-order valence-corrected chi connectivity index (χ3v) is 3.26. The van der Waals surface area contributed by atoms with Gasteiger partial charge in [-0.05, 0) is 5.56 Å². The van der Waals surface area contributed by atoms with Crippen LogP contribution < -0.4 is 0 Å². The number of hydrogen-bond donors (Lipinski definition) is 1. The Bertz CT molecular complexity index is 670. The summed E-state index contributed by atoms with van der Waals surface area (Å²) >= 11 is 0. The van der Waals surface area contributed by atoms with Gasteiger partial charge in [0.15, 0.2) is 0 Å². The van der Waals surface area contributed by atoms with E-state index in [0.717, 1.165) is 16.8 Å². The van der Waals surface area contributed by atoms with Crippen molar-refractivity contribution in [3.63, 3.8) is 0 Å². The molecule has 4 nitrogen and oxygen atoms in total. The molecule has 2 aromatic carbocycles. The Hall–Kier alpha value is -1.94. The summed E-state index contributed by atoms with van der Waals surface area (Å²) in [6.07, 6.45) is 1.86. The van der Waals surface area contributed by atoms with Crippen molar-refractivity contribution in [2.45, 2.75) is 6.04 Å². The summed E-state index contributed by atoms with van der Waals surface area (Å²) in [4.78, 5) is 0. The third-order valence-electron chi connectivity index (χ3n) is 3.26. The van der Waals surface area contributed by atoms with Crippen LogP contribution in [0.3, 0.4) is 0 Å². The summed E-state index contributed by atoms with van der Waals surface area (Å²) in [7, 11) is 0. The maximum Gasteiger partial charge on any atom is 1.00 e. The molecule has 0 saturated carbocycles. The van der Waals surface area contributed by atoms with Crippen LogP contribution in [0, 0.1) is 0 Å². The Morgan fingerprint density at radius 2 is 1.57 bits per heavy atom. The molecule has 0 spiro atoms. The summed E-state index contributed by atoms with van der Waals surface area (Å²) in [5.74, 6) is 0. The maximum absolute atomic E-state index is 9.62. The van der Waals surface area contributed by atoms with Gasteiger partial charge in [-0.1, -0.05) is 65.9 Å². The fourth-order valence-corrected chi connectivity index (χ4v) is 2.19. The van der Waals surface area contributed by atoms with Crippen molar-refractivity contribution in [1.82, 2.24) is 15.0 Å². The molecule has 0 aliphatic rings. The van der Waals surface area contributed by atoms with E-state index in [0.29, 0.717) is 0 Å². The zero-order chi connectivity index (χ0) is 13.8. The molecule has 0 fully saturated rings. The number of aromatic nitrogens is 3. The van der Waals surface area contributed by atoms with Crippen LogP contribution in [0.15, 0.2) is 66.9 Å². The Balaban J connectivity index is 0.00000161. The van der Waals surface area contributed by atoms with Crippen LogP contribution in [0.5, 0.6) is 0 Å². The van der Waals surface area contributed by atoms with E-state index in [2.05, 4.69) is 10.3 Å². The molecule has 0 saturated heterocycles. The zero-order valence-corrected chi connectivity index (χ0v) is 12.2. The summed E-state index contributed by atoms with van der Waals surface area (Å²) in [5.41, 5.74) is 2.84. The van der Waals surface area contributed by atoms with E-state index in [9.17, 15) is 5.11 Å². The topological polar surface area (TPSA) is 50.9 Å². The molecule has 3 aromatic rings. The second-order valence-electron chi connectivity index (χ2n) is 4.56. The molecule has 0 amide bonds. The molecule has 0 bridgehead atoms. The van der Waals surface area contributed by atoms with Gasteiger partial charge in [0.1, 0.15) is 11.7 Å². The molecule has 3 rings (SSSR count). The van der Waals surface area contributed by atoms with Crippen molar-refractivity contribution in [3.8, 4) is 11.3 Å². The van der Waals surface area contributed by atoms with Gasteiger partial charge in [-0.3, -0.25) is 0 Å². The molecule has 110 valence electrons. The predicted octanol–water partition coefficient (Wildman–Crippen LogP) is 2.52. The van der Waals surface area contributed by atoms with Crippen LogP contribution in [0.1, 0.15) is 11.6 Å². The van der Waals surface area contributed by atoms with Crippen LogP contribution in [0.25, 0.3) is 11.3 Å². The van der Waals surface area contributed by atoms with Gasteiger partial charge in [-0.25, -0.2) is 4.68 Å². The monoisotopic (exact) mass is 328 g/mol. The minimum absolute atomic E-state index is 0. The van der Waals surface area contributed by atoms with Crippen molar-refractivity contribution in [2.24, 2.45) is 0 Å². The van der Waals surface area contributed by atoms with Crippen LogP contribution in [-0.4, -0.2) is 26.7 Å². The minimum atomic E-state index is -0.207.